The minimum atomic E-state index is -4.05. The molecule has 0 saturated heterocycles. The van der Waals surface area contributed by atoms with E-state index in [4.69, 9.17) is 4.55 Å². The number of rotatable bonds is 3. The molecule has 0 aliphatic carbocycles. The van der Waals surface area contributed by atoms with Crippen molar-refractivity contribution in [3.8, 4) is 0 Å². The first-order chi connectivity index (χ1) is 6.29. The van der Waals surface area contributed by atoms with Gasteiger partial charge in [-0.15, -0.1) is 0 Å². The monoisotopic (exact) mass is 216 g/mol. The highest BCUT2D eigenvalue weighted by Gasteiger charge is 2.09. The van der Waals surface area contributed by atoms with Crippen molar-refractivity contribution >= 4 is 10.1 Å². The Labute approximate surface area is 85.6 Å². The fourth-order valence-corrected chi connectivity index (χ4v) is 1.42. The summed E-state index contributed by atoms with van der Waals surface area (Å²) in [6, 6.07) is 0. The Kier molecular flexibility index (Phi) is 4.80. The van der Waals surface area contributed by atoms with E-state index < -0.39 is 10.1 Å². The third kappa shape index (κ3) is 4.39. The van der Waals surface area contributed by atoms with Crippen LogP contribution in [0.1, 0.15) is 27.7 Å². The van der Waals surface area contributed by atoms with Gasteiger partial charge < -0.3 is 0 Å². The Hall–Kier alpha value is -0.870. The number of allylic oxidation sites excluding steroid dienone is 6. The van der Waals surface area contributed by atoms with Gasteiger partial charge in [-0.3, -0.25) is 4.55 Å². The second kappa shape index (κ2) is 5.12. The summed E-state index contributed by atoms with van der Waals surface area (Å²) < 4.78 is 30.3. The molecule has 0 heterocycles. The molecule has 0 aromatic carbocycles. The average molecular weight is 216 g/mol. The molecule has 0 aliphatic rings. The summed E-state index contributed by atoms with van der Waals surface area (Å²) in [5.41, 5.74) is 1.48. The second-order valence-electron chi connectivity index (χ2n) is 3.10. The molecule has 0 saturated carbocycles. The topological polar surface area (TPSA) is 54.4 Å². The van der Waals surface area contributed by atoms with E-state index in [-0.39, 0.29) is 4.91 Å². The van der Waals surface area contributed by atoms with Crippen molar-refractivity contribution in [2.75, 3.05) is 0 Å². The quantitative estimate of drug-likeness (QED) is 0.583. The zero-order chi connectivity index (χ0) is 11.4. The normalized spacial score (nSPS) is 15.9. The van der Waals surface area contributed by atoms with Crippen molar-refractivity contribution in [2.45, 2.75) is 27.7 Å². The summed E-state index contributed by atoms with van der Waals surface area (Å²) in [7, 11) is -4.05. The molecule has 0 aliphatic heterocycles. The SMILES string of the molecule is C/C=C/C(C)=C\C(C)=C(/C)S(=O)(=O)O. The molecule has 0 aromatic rings. The molecular weight excluding hydrogens is 200 g/mol. The Morgan fingerprint density at radius 2 is 1.71 bits per heavy atom. The molecule has 14 heavy (non-hydrogen) atoms. The first-order valence-electron chi connectivity index (χ1n) is 4.25. The molecule has 0 bridgehead atoms. The van der Waals surface area contributed by atoms with Gasteiger partial charge in [0.2, 0.25) is 0 Å². The molecule has 0 fully saturated rings. The summed E-state index contributed by atoms with van der Waals surface area (Å²) in [6.45, 7) is 6.77. The van der Waals surface area contributed by atoms with Gasteiger partial charge in [-0.25, -0.2) is 0 Å². The Morgan fingerprint density at radius 3 is 2.07 bits per heavy atom. The van der Waals surface area contributed by atoms with E-state index in [0.29, 0.717) is 5.57 Å². The molecule has 0 aromatic heterocycles. The molecular formula is C10H16O3S. The first-order valence-corrected chi connectivity index (χ1v) is 5.69. The third-order valence-electron chi connectivity index (χ3n) is 1.82. The van der Waals surface area contributed by atoms with E-state index in [1.807, 2.05) is 26.0 Å². The highest BCUT2D eigenvalue weighted by atomic mass is 32.2. The third-order valence-corrected chi connectivity index (χ3v) is 2.91. The molecule has 4 heteroatoms. The van der Waals surface area contributed by atoms with Crippen LogP contribution in [0.3, 0.4) is 0 Å². The lowest BCUT2D eigenvalue weighted by atomic mass is 10.2. The fourth-order valence-electron chi connectivity index (χ4n) is 0.958. The van der Waals surface area contributed by atoms with Gasteiger partial charge in [0, 0.05) is 0 Å². The largest absolute Gasteiger partial charge is 0.290 e. The van der Waals surface area contributed by atoms with Gasteiger partial charge >= 0.3 is 0 Å². The van der Waals surface area contributed by atoms with Crippen molar-refractivity contribution in [1.82, 2.24) is 0 Å². The molecule has 1 N–H and O–H groups in total. The van der Waals surface area contributed by atoms with Crippen LogP contribution < -0.4 is 0 Å². The molecule has 0 spiro atoms. The van der Waals surface area contributed by atoms with Crippen LogP contribution in [-0.4, -0.2) is 13.0 Å². The van der Waals surface area contributed by atoms with Crippen LogP contribution in [0.5, 0.6) is 0 Å². The van der Waals surface area contributed by atoms with Crippen molar-refractivity contribution < 1.29 is 13.0 Å². The lowest BCUT2D eigenvalue weighted by molar-refractivity contribution is 0.490. The standard InChI is InChI=1S/C10H16O3S/c1-5-6-8(2)7-9(3)10(4)14(11,12)13/h5-7H,1-4H3,(H,11,12,13)/b6-5+,8-7-,10-9+. The maximum absolute atomic E-state index is 10.8. The zero-order valence-corrected chi connectivity index (χ0v) is 9.72. The minimum absolute atomic E-state index is 0.0126. The molecule has 0 atom stereocenters. The van der Waals surface area contributed by atoms with Crippen LogP contribution in [-0.2, 0) is 10.1 Å². The van der Waals surface area contributed by atoms with E-state index in [1.165, 1.54) is 6.92 Å². The van der Waals surface area contributed by atoms with Crippen LogP contribution in [0.15, 0.2) is 34.3 Å². The van der Waals surface area contributed by atoms with Crippen molar-refractivity contribution in [3.05, 3.63) is 34.3 Å². The maximum atomic E-state index is 10.8. The lowest BCUT2D eigenvalue weighted by Gasteiger charge is -2.00. The number of hydrogen-bond acceptors (Lipinski definition) is 2. The van der Waals surface area contributed by atoms with Crippen LogP contribution >= 0.6 is 0 Å². The molecule has 80 valence electrons. The van der Waals surface area contributed by atoms with Crippen LogP contribution in [0.2, 0.25) is 0 Å². The van der Waals surface area contributed by atoms with Gasteiger partial charge in [-0.05, 0) is 33.3 Å². The second-order valence-corrected chi connectivity index (χ2v) is 4.67. The maximum Gasteiger partial charge on any atom is 0.290 e. The lowest BCUT2D eigenvalue weighted by Crippen LogP contribution is -2.00. The van der Waals surface area contributed by atoms with E-state index in [2.05, 4.69) is 0 Å². The van der Waals surface area contributed by atoms with Crippen LogP contribution in [0.25, 0.3) is 0 Å². The fraction of sp³-hybridized carbons (Fsp3) is 0.400. The van der Waals surface area contributed by atoms with Gasteiger partial charge in [0.25, 0.3) is 10.1 Å². The summed E-state index contributed by atoms with van der Waals surface area (Å²) in [4.78, 5) is -0.0126. The summed E-state index contributed by atoms with van der Waals surface area (Å²) in [5.74, 6) is 0. The van der Waals surface area contributed by atoms with Gasteiger partial charge in [-0.1, -0.05) is 23.8 Å². The van der Waals surface area contributed by atoms with Crippen molar-refractivity contribution in [2.24, 2.45) is 0 Å². The van der Waals surface area contributed by atoms with E-state index in [0.717, 1.165) is 5.57 Å². The average Bonchev–Trinajstić information content (AvgIpc) is 2.01. The smallest absolute Gasteiger partial charge is 0.282 e. The molecule has 0 radical (unpaired) electrons. The number of hydrogen-bond donors (Lipinski definition) is 1. The summed E-state index contributed by atoms with van der Waals surface area (Å²) >= 11 is 0. The Bertz CT molecular complexity index is 384. The molecule has 0 amide bonds. The highest BCUT2D eigenvalue weighted by Crippen LogP contribution is 2.13. The van der Waals surface area contributed by atoms with E-state index in [1.54, 1.807) is 13.0 Å². The van der Waals surface area contributed by atoms with Crippen LogP contribution in [0, 0.1) is 0 Å². The van der Waals surface area contributed by atoms with E-state index >= 15 is 0 Å². The van der Waals surface area contributed by atoms with Gasteiger partial charge in [0.1, 0.15) is 0 Å². The Morgan fingerprint density at radius 1 is 1.21 bits per heavy atom. The highest BCUT2D eigenvalue weighted by molar-refractivity contribution is 7.89. The first kappa shape index (κ1) is 13.1. The van der Waals surface area contributed by atoms with Gasteiger partial charge in [0.15, 0.2) is 0 Å². The summed E-state index contributed by atoms with van der Waals surface area (Å²) in [6.07, 6.45) is 5.44. The predicted molar refractivity (Wildman–Crippen MR) is 58.5 cm³/mol. The zero-order valence-electron chi connectivity index (χ0n) is 8.90. The van der Waals surface area contributed by atoms with E-state index in [9.17, 15) is 8.42 Å². The van der Waals surface area contributed by atoms with Gasteiger partial charge in [-0.2, -0.15) is 8.42 Å². The predicted octanol–water partition coefficient (Wildman–Crippen LogP) is 2.69. The molecule has 0 rings (SSSR count). The van der Waals surface area contributed by atoms with Crippen molar-refractivity contribution in [1.29, 1.82) is 0 Å². The van der Waals surface area contributed by atoms with Crippen LogP contribution in [0.4, 0.5) is 0 Å². The van der Waals surface area contributed by atoms with Crippen molar-refractivity contribution in [3.63, 3.8) is 0 Å². The summed E-state index contributed by atoms with van der Waals surface area (Å²) in [5, 5.41) is 0. The van der Waals surface area contributed by atoms with Gasteiger partial charge in [0.05, 0.1) is 4.91 Å². The Balaban J connectivity index is 5.15. The molecule has 3 nitrogen and oxygen atoms in total. The molecule has 0 unspecified atom stereocenters. The minimum Gasteiger partial charge on any atom is -0.282 e.